The Morgan fingerprint density at radius 1 is 1.41 bits per heavy atom. The SMILES string of the molecule is Cc1cc(C=O)c(C)n1CCc1ccn(C)n1. The van der Waals surface area contributed by atoms with Crippen molar-refractivity contribution >= 4 is 6.29 Å². The van der Waals surface area contributed by atoms with Crippen LogP contribution >= 0.6 is 0 Å². The maximum atomic E-state index is 10.8. The molecule has 4 heteroatoms. The van der Waals surface area contributed by atoms with Crippen molar-refractivity contribution in [2.75, 3.05) is 0 Å². The van der Waals surface area contributed by atoms with E-state index in [1.807, 2.05) is 43.9 Å². The van der Waals surface area contributed by atoms with E-state index in [1.54, 1.807) is 0 Å². The van der Waals surface area contributed by atoms with Crippen molar-refractivity contribution in [2.45, 2.75) is 26.8 Å². The Morgan fingerprint density at radius 3 is 2.71 bits per heavy atom. The van der Waals surface area contributed by atoms with Crippen molar-refractivity contribution in [3.8, 4) is 0 Å². The van der Waals surface area contributed by atoms with Crippen LogP contribution in [0.15, 0.2) is 18.3 Å². The fraction of sp³-hybridized carbons (Fsp3) is 0.385. The van der Waals surface area contributed by atoms with Crippen LogP contribution in [0.25, 0.3) is 0 Å². The summed E-state index contributed by atoms with van der Waals surface area (Å²) in [6.45, 7) is 4.87. The number of nitrogens with zero attached hydrogens (tertiary/aromatic N) is 3. The maximum Gasteiger partial charge on any atom is 0.151 e. The zero-order valence-electron chi connectivity index (χ0n) is 10.5. The van der Waals surface area contributed by atoms with Gasteiger partial charge in [-0.1, -0.05) is 0 Å². The Bertz CT molecular complexity index is 537. The first-order valence-electron chi connectivity index (χ1n) is 5.72. The number of aromatic nitrogens is 3. The Labute approximate surface area is 101 Å². The van der Waals surface area contributed by atoms with Gasteiger partial charge in [-0.25, -0.2) is 0 Å². The van der Waals surface area contributed by atoms with Gasteiger partial charge in [0.25, 0.3) is 0 Å². The highest BCUT2D eigenvalue weighted by molar-refractivity contribution is 5.77. The number of aryl methyl sites for hydroxylation is 3. The molecule has 0 aliphatic carbocycles. The van der Waals surface area contributed by atoms with Gasteiger partial charge in [-0.05, 0) is 26.0 Å². The molecular weight excluding hydrogens is 214 g/mol. The molecule has 0 amide bonds. The molecule has 0 aliphatic heterocycles. The van der Waals surface area contributed by atoms with Gasteiger partial charge >= 0.3 is 0 Å². The summed E-state index contributed by atoms with van der Waals surface area (Å²) in [4.78, 5) is 10.8. The molecule has 2 rings (SSSR count). The number of carbonyl (C=O) groups is 1. The molecule has 0 aromatic carbocycles. The molecule has 0 fully saturated rings. The summed E-state index contributed by atoms with van der Waals surface area (Å²) >= 11 is 0. The second-order valence-corrected chi connectivity index (χ2v) is 4.33. The van der Waals surface area contributed by atoms with E-state index in [4.69, 9.17) is 0 Å². The van der Waals surface area contributed by atoms with Crippen LogP contribution in [-0.4, -0.2) is 20.6 Å². The number of hydrogen-bond acceptors (Lipinski definition) is 2. The molecule has 0 spiro atoms. The summed E-state index contributed by atoms with van der Waals surface area (Å²) in [6.07, 6.45) is 3.75. The minimum atomic E-state index is 0.781. The predicted octanol–water partition coefficient (Wildman–Crippen LogP) is 1.89. The molecule has 2 aromatic heterocycles. The molecule has 0 unspecified atom stereocenters. The van der Waals surface area contributed by atoms with Crippen LogP contribution in [0.1, 0.15) is 27.4 Å². The Kier molecular flexibility index (Phi) is 3.13. The summed E-state index contributed by atoms with van der Waals surface area (Å²) < 4.78 is 3.97. The van der Waals surface area contributed by atoms with Gasteiger partial charge in [0.1, 0.15) is 0 Å². The third-order valence-corrected chi connectivity index (χ3v) is 3.10. The third-order valence-electron chi connectivity index (χ3n) is 3.10. The van der Waals surface area contributed by atoms with Gasteiger partial charge in [0, 0.05) is 43.2 Å². The van der Waals surface area contributed by atoms with Crippen LogP contribution in [0.4, 0.5) is 0 Å². The fourth-order valence-electron chi connectivity index (χ4n) is 2.11. The van der Waals surface area contributed by atoms with Gasteiger partial charge in [-0.15, -0.1) is 0 Å². The average Bonchev–Trinajstić information content (AvgIpc) is 2.82. The van der Waals surface area contributed by atoms with Gasteiger partial charge < -0.3 is 4.57 Å². The molecule has 0 saturated carbocycles. The molecule has 0 N–H and O–H groups in total. The van der Waals surface area contributed by atoms with Crippen LogP contribution in [0.2, 0.25) is 0 Å². The molecule has 17 heavy (non-hydrogen) atoms. The van der Waals surface area contributed by atoms with E-state index < -0.39 is 0 Å². The molecule has 0 saturated heterocycles. The van der Waals surface area contributed by atoms with Gasteiger partial charge in [-0.2, -0.15) is 5.10 Å². The van der Waals surface area contributed by atoms with Crippen molar-refractivity contribution in [3.63, 3.8) is 0 Å². The molecule has 0 bridgehead atoms. The first-order chi connectivity index (χ1) is 8.11. The highest BCUT2D eigenvalue weighted by Gasteiger charge is 2.08. The minimum Gasteiger partial charge on any atom is -0.348 e. The van der Waals surface area contributed by atoms with Crippen molar-refractivity contribution in [3.05, 3.63) is 41.0 Å². The minimum absolute atomic E-state index is 0.781. The van der Waals surface area contributed by atoms with Crippen molar-refractivity contribution < 1.29 is 4.79 Å². The Balaban J connectivity index is 2.13. The molecule has 2 heterocycles. The standard InChI is InChI=1S/C13H17N3O/c1-10-8-12(9-17)11(2)16(10)7-5-13-4-6-15(3)14-13/h4,6,8-9H,5,7H2,1-3H3. The number of carbonyl (C=O) groups excluding carboxylic acids is 1. The van der Waals surface area contributed by atoms with E-state index in [9.17, 15) is 4.79 Å². The molecule has 2 aromatic rings. The first-order valence-corrected chi connectivity index (χ1v) is 5.72. The summed E-state index contributed by atoms with van der Waals surface area (Å²) in [5, 5.41) is 4.35. The van der Waals surface area contributed by atoms with Crippen LogP contribution in [0.3, 0.4) is 0 Å². The summed E-state index contributed by atoms with van der Waals surface area (Å²) in [6, 6.07) is 3.95. The lowest BCUT2D eigenvalue weighted by molar-refractivity contribution is 0.112. The molecule has 0 atom stereocenters. The predicted molar refractivity (Wildman–Crippen MR) is 66.2 cm³/mol. The monoisotopic (exact) mass is 231 g/mol. The summed E-state index contributed by atoms with van der Waals surface area (Å²) in [5.41, 5.74) is 4.02. The summed E-state index contributed by atoms with van der Waals surface area (Å²) in [5.74, 6) is 0. The molecule has 0 radical (unpaired) electrons. The van der Waals surface area contributed by atoms with E-state index in [0.717, 1.165) is 41.9 Å². The Morgan fingerprint density at radius 2 is 2.18 bits per heavy atom. The lowest BCUT2D eigenvalue weighted by atomic mass is 10.3. The second-order valence-electron chi connectivity index (χ2n) is 4.33. The van der Waals surface area contributed by atoms with Crippen LogP contribution in [0.5, 0.6) is 0 Å². The first kappa shape index (κ1) is 11.6. The molecule has 0 aliphatic rings. The zero-order chi connectivity index (χ0) is 12.4. The van der Waals surface area contributed by atoms with Crippen molar-refractivity contribution in [2.24, 2.45) is 7.05 Å². The van der Waals surface area contributed by atoms with Gasteiger partial charge in [0.15, 0.2) is 6.29 Å². The van der Waals surface area contributed by atoms with Crippen molar-refractivity contribution in [1.82, 2.24) is 14.3 Å². The van der Waals surface area contributed by atoms with E-state index in [1.165, 1.54) is 0 Å². The Hall–Kier alpha value is -1.84. The van der Waals surface area contributed by atoms with Gasteiger partial charge in [0.2, 0.25) is 0 Å². The van der Waals surface area contributed by atoms with Gasteiger partial charge in [0.05, 0.1) is 5.69 Å². The fourth-order valence-corrected chi connectivity index (χ4v) is 2.11. The van der Waals surface area contributed by atoms with E-state index in [-0.39, 0.29) is 0 Å². The van der Waals surface area contributed by atoms with Crippen molar-refractivity contribution in [1.29, 1.82) is 0 Å². The highest BCUT2D eigenvalue weighted by Crippen LogP contribution is 2.13. The topological polar surface area (TPSA) is 39.8 Å². The number of aldehydes is 1. The van der Waals surface area contributed by atoms with E-state index in [0.29, 0.717) is 0 Å². The normalized spacial score (nSPS) is 10.8. The van der Waals surface area contributed by atoms with Crippen LogP contribution in [-0.2, 0) is 20.0 Å². The molecule has 4 nitrogen and oxygen atoms in total. The van der Waals surface area contributed by atoms with Gasteiger partial charge in [-0.3, -0.25) is 9.48 Å². The second kappa shape index (κ2) is 4.57. The maximum absolute atomic E-state index is 10.8. The van der Waals surface area contributed by atoms with E-state index >= 15 is 0 Å². The number of hydrogen-bond donors (Lipinski definition) is 0. The number of rotatable bonds is 4. The molecular formula is C13H17N3O. The zero-order valence-corrected chi connectivity index (χ0v) is 10.5. The van der Waals surface area contributed by atoms with E-state index in [2.05, 4.69) is 9.67 Å². The highest BCUT2D eigenvalue weighted by atomic mass is 16.1. The summed E-state index contributed by atoms with van der Waals surface area (Å²) in [7, 11) is 1.92. The quantitative estimate of drug-likeness (QED) is 0.754. The van der Waals surface area contributed by atoms with Crippen LogP contribution < -0.4 is 0 Å². The van der Waals surface area contributed by atoms with Crippen LogP contribution in [0, 0.1) is 13.8 Å². The smallest absolute Gasteiger partial charge is 0.151 e. The largest absolute Gasteiger partial charge is 0.348 e. The third kappa shape index (κ3) is 2.30. The molecule has 90 valence electrons. The lowest BCUT2D eigenvalue weighted by Crippen LogP contribution is -2.06. The average molecular weight is 231 g/mol. The lowest BCUT2D eigenvalue weighted by Gasteiger charge is -2.07.